The average Bonchev–Trinajstić information content (AvgIpc) is 3.21. The Hall–Kier alpha value is -4.73. The summed E-state index contributed by atoms with van der Waals surface area (Å²) >= 11 is 0. The zero-order chi connectivity index (χ0) is 23.2. The maximum atomic E-state index is 12.7. The van der Waals surface area contributed by atoms with E-state index in [1.54, 1.807) is 42.6 Å². The van der Waals surface area contributed by atoms with E-state index in [-0.39, 0.29) is 17.3 Å². The normalized spacial score (nSPS) is 13.0. The second kappa shape index (κ2) is 9.60. The van der Waals surface area contributed by atoms with Gasteiger partial charge in [-0.2, -0.15) is 4.68 Å². The van der Waals surface area contributed by atoms with Gasteiger partial charge in [-0.05, 0) is 46.8 Å². The number of hydrogen-bond donors (Lipinski definition) is 0. The first kappa shape index (κ1) is 21.5. The van der Waals surface area contributed by atoms with Crippen molar-refractivity contribution in [2.45, 2.75) is 0 Å². The van der Waals surface area contributed by atoms with Crippen LogP contribution in [0.2, 0.25) is 0 Å². The molecule has 0 unspecified atom stereocenters. The molecule has 10 heteroatoms. The number of methoxy groups -OCH3 is 2. The Balaban J connectivity index is 1.80. The van der Waals surface area contributed by atoms with E-state index in [1.807, 2.05) is 30.3 Å². The summed E-state index contributed by atoms with van der Waals surface area (Å²) in [6, 6.07) is 16.3. The van der Waals surface area contributed by atoms with Gasteiger partial charge >= 0.3 is 17.9 Å². The van der Waals surface area contributed by atoms with Crippen LogP contribution in [0.1, 0.15) is 0 Å². The van der Waals surface area contributed by atoms with Crippen LogP contribution in [-0.4, -0.2) is 46.4 Å². The number of aromatic nitrogens is 4. The lowest BCUT2D eigenvalue weighted by atomic mass is 10.1. The van der Waals surface area contributed by atoms with E-state index in [9.17, 15) is 9.59 Å². The summed E-state index contributed by atoms with van der Waals surface area (Å²) in [7, 11) is 2.47. The fourth-order valence-corrected chi connectivity index (χ4v) is 3.17. The number of benzene rings is 2. The Morgan fingerprint density at radius 2 is 1.61 bits per heavy atom. The van der Waals surface area contributed by atoms with Crippen LogP contribution in [0, 0.1) is 0 Å². The number of anilines is 1. The second-order valence-corrected chi connectivity index (χ2v) is 6.59. The van der Waals surface area contributed by atoms with Crippen molar-refractivity contribution in [3.05, 3.63) is 90.3 Å². The van der Waals surface area contributed by atoms with Crippen LogP contribution in [-0.2, 0) is 19.1 Å². The molecule has 0 aliphatic carbocycles. The summed E-state index contributed by atoms with van der Waals surface area (Å²) in [5.41, 5.74) is 1.14. The van der Waals surface area contributed by atoms with Gasteiger partial charge in [0.1, 0.15) is 5.70 Å². The van der Waals surface area contributed by atoms with Gasteiger partial charge in [-0.1, -0.05) is 41.5 Å². The third-order valence-corrected chi connectivity index (χ3v) is 4.66. The van der Waals surface area contributed by atoms with Gasteiger partial charge in [0, 0.05) is 6.20 Å². The minimum Gasteiger partial charge on any atom is -0.465 e. The SMILES string of the molecule is COC(=O)C1=C(C(=O)OC)N(c2ccccc2Oc2nnnn2-c2ccccc2)C=CC=C1. The molecule has 10 nitrogen and oxygen atoms in total. The largest absolute Gasteiger partial charge is 0.465 e. The third-order valence-electron chi connectivity index (χ3n) is 4.66. The fourth-order valence-electron chi connectivity index (χ4n) is 3.17. The highest BCUT2D eigenvalue weighted by molar-refractivity contribution is 6.05. The van der Waals surface area contributed by atoms with Crippen molar-refractivity contribution >= 4 is 17.6 Å². The van der Waals surface area contributed by atoms with E-state index >= 15 is 0 Å². The van der Waals surface area contributed by atoms with Crippen LogP contribution in [0.3, 0.4) is 0 Å². The molecule has 1 aromatic heterocycles. The van der Waals surface area contributed by atoms with Crippen molar-refractivity contribution in [2.24, 2.45) is 0 Å². The summed E-state index contributed by atoms with van der Waals surface area (Å²) in [6.45, 7) is 0. The first-order valence-electron chi connectivity index (χ1n) is 9.79. The van der Waals surface area contributed by atoms with Crippen molar-refractivity contribution < 1.29 is 23.8 Å². The fraction of sp³-hybridized carbons (Fsp3) is 0.0870. The van der Waals surface area contributed by atoms with Gasteiger partial charge in [0.15, 0.2) is 5.75 Å². The van der Waals surface area contributed by atoms with E-state index in [4.69, 9.17) is 14.2 Å². The molecule has 33 heavy (non-hydrogen) atoms. The first-order chi connectivity index (χ1) is 16.1. The number of tetrazole rings is 1. The summed E-state index contributed by atoms with van der Waals surface area (Å²) in [5.74, 6) is -1.08. The Labute approximate surface area is 189 Å². The van der Waals surface area contributed by atoms with Crippen LogP contribution >= 0.6 is 0 Å². The summed E-state index contributed by atoms with van der Waals surface area (Å²) in [4.78, 5) is 26.6. The van der Waals surface area contributed by atoms with Gasteiger partial charge in [0.2, 0.25) is 0 Å². The molecule has 2 heterocycles. The lowest BCUT2D eigenvalue weighted by Gasteiger charge is -2.24. The average molecular weight is 445 g/mol. The zero-order valence-electron chi connectivity index (χ0n) is 17.8. The molecule has 1 aliphatic rings. The van der Waals surface area contributed by atoms with Gasteiger partial charge in [0.05, 0.1) is 31.2 Å². The number of hydrogen-bond acceptors (Lipinski definition) is 9. The van der Waals surface area contributed by atoms with E-state index in [0.29, 0.717) is 17.1 Å². The molecule has 0 bridgehead atoms. The first-order valence-corrected chi connectivity index (χ1v) is 9.79. The molecular weight excluding hydrogens is 426 g/mol. The molecule has 3 aromatic rings. The van der Waals surface area contributed by atoms with Crippen LogP contribution in [0.5, 0.6) is 11.8 Å². The molecule has 0 radical (unpaired) electrons. The van der Waals surface area contributed by atoms with Crippen molar-refractivity contribution in [2.75, 3.05) is 19.1 Å². The molecule has 2 aromatic carbocycles. The van der Waals surface area contributed by atoms with E-state index in [2.05, 4.69) is 15.5 Å². The van der Waals surface area contributed by atoms with Gasteiger partial charge in [-0.25, -0.2) is 9.59 Å². The van der Waals surface area contributed by atoms with Crippen molar-refractivity contribution in [3.8, 4) is 17.4 Å². The monoisotopic (exact) mass is 445 g/mol. The minimum atomic E-state index is -0.726. The van der Waals surface area contributed by atoms with Gasteiger partial charge < -0.3 is 19.1 Å². The van der Waals surface area contributed by atoms with E-state index in [0.717, 1.165) is 0 Å². The molecule has 1 aliphatic heterocycles. The Bertz CT molecular complexity index is 1260. The zero-order valence-corrected chi connectivity index (χ0v) is 17.8. The molecule has 0 saturated heterocycles. The lowest BCUT2D eigenvalue weighted by Crippen LogP contribution is -2.27. The number of ether oxygens (including phenoxy) is 3. The highest BCUT2D eigenvalue weighted by atomic mass is 16.5. The number of carbonyl (C=O) groups is 2. The quantitative estimate of drug-likeness (QED) is 0.529. The maximum absolute atomic E-state index is 12.7. The molecule has 0 N–H and O–H groups in total. The molecule has 0 atom stereocenters. The minimum absolute atomic E-state index is 0.0262. The van der Waals surface area contributed by atoms with Crippen LogP contribution in [0.4, 0.5) is 5.69 Å². The van der Waals surface area contributed by atoms with Crippen LogP contribution in [0.15, 0.2) is 90.3 Å². The molecule has 0 fully saturated rings. The van der Waals surface area contributed by atoms with Crippen molar-refractivity contribution in [1.29, 1.82) is 0 Å². The van der Waals surface area contributed by atoms with Gasteiger partial charge in [0.25, 0.3) is 0 Å². The molecule has 0 saturated carbocycles. The molecule has 0 amide bonds. The van der Waals surface area contributed by atoms with Crippen LogP contribution < -0.4 is 9.64 Å². The highest BCUT2D eigenvalue weighted by Crippen LogP contribution is 2.36. The standard InChI is InChI=1S/C23H19N5O5/c1-31-21(29)17-12-8-9-15-27(20(17)22(30)32-2)18-13-6-7-14-19(18)33-23-24-25-26-28(23)16-10-4-3-5-11-16/h3-15H,1-2H3. The summed E-state index contributed by atoms with van der Waals surface area (Å²) < 4.78 is 17.3. The number of nitrogens with zero attached hydrogens (tertiary/aromatic N) is 5. The molecule has 166 valence electrons. The van der Waals surface area contributed by atoms with E-state index < -0.39 is 11.9 Å². The Kier molecular flexibility index (Phi) is 6.26. The highest BCUT2D eigenvalue weighted by Gasteiger charge is 2.29. The topological polar surface area (TPSA) is 109 Å². The van der Waals surface area contributed by atoms with Crippen LogP contribution in [0.25, 0.3) is 5.69 Å². The van der Waals surface area contributed by atoms with Crippen molar-refractivity contribution in [3.63, 3.8) is 0 Å². The second-order valence-electron chi connectivity index (χ2n) is 6.59. The summed E-state index contributed by atoms with van der Waals surface area (Å²) in [5, 5.41) is 11.7. The smallest absolute Gasteiger partial charge is 0.355 e. The molecule has 4 rings (SSSR count). The third kappa shape index (κ3) is 4.35. The lowest BCUT2D eigenvalue weighted by molar-refractivity contribution is -0.139. The number of rotatable bonds is 6. The van der Waals surface area contributed by atoms with Gasteiger partial charge in [-0.15, -0.1) is 0 Å². The number of allylic oxidation sites excluding steroid dienone is 2. The van der Waals surface area contributed by atoms with Gasteiger partial charge in [-0.3, -0.25) is 0 Å². The number of para-hydroxylation sites is 3. The predicted octanol–water partition coefficient (Wildman–Crippen LogP) is 2.94. The maximum Gasteiger partial charge on any atom is 0.355 e. The predicted molar refractivity (Wildman–Crippen MR) is 117 cm³/mol. The summed E-state index contributed by atoms with van der Waals surface area (Å²) in [6.07, 6.45) is 6.38. The number of esters is 2. The number of carbonyl (C=O) groups excluding carboxylic acids is 2. The Morgan fingerprint density at radius 3 is 2.36 bits per heavy atom. The Morgan fingerprint density at radius 1 is 0.879 bits per heavy atom. The van der Waals surface area contributed by atoms with Crippen molar-refractivity contribution in [1.82, 2.24) is 20.2 Å². The molecular formula is C23H19N5O5. The van der Waals surface area contributed by atoms with E-state index in [1.165, 1.54) is 29.9 Å². The molecule has 0 spiro atoms.